The van der Waals surface area contributed by atoms with E-state index in [1.807, 2.05) is 0 Å². The van der Waals surface area contributed by atoms with Gasteiger partial charge in [-0.1, -0.05) is 23.7 Å². The normalized spacial score (nSPS) is 15.1. The van der Waals surface area contributed by atoms with Crippen molar-refractivity contribution in [1.82, 2.24) is 9.47 Å². The minimum Gasteiger partial charge on any atom is -0.324 e. The summed E-state index contributed by atoms with van der Waals surface area (Å²) in [6.07, 6.45) is -2.97. The van der Waals surface area contributed by atoms with Crippen LogP contribution in [0.5, 0.6) is 0 Å². The number of imide groups is 1. The summed E-state index contributed by atoms with van der Waals surface area (Å²) in [7, 11) is 0. The second kappa shape index (κ2) is 10.1. The Labute approximate surface area is 220 Å². The molecule has 0 atom stereocenters. The second-order valence-corrected chi connectivity index (χ2v) is 9.91. The Morgan fingerprint density at radius 2 is 1.81 bits per heavy atom. The van der Waals surface area contributed by atoms with Gasteiger partial charge in [-0.05, 0) is 86.1 Å². The van der Waals surface area contributed by atoms with Crippen molar-refractivity contribution in [3.8, 4) is 5.69 Å². The van der Waals surface area contributed by atoms with Gasteiger partial charge in [-0.25, -0.2) is 0 Å². The third-order valence-electron chi connectivity index (χ3n) is 5.84. The Morgan fingerprint density at radius 3 is 2.51 bits per heavy atom. The zero-order valence-corrected chi connectivity index (χ0v) is 21.5. The largest absolute Gasteiger partial charge is 0.416 e. The number of alkyl halides is 3. The summed E-state index contributed by atoms with van der Waals surface area (Å²) in [5.41, 5.74) is 2.61. The van der Waals surface area contributed by atoms with Gasteiger partial charge in [0.2, 0.25) is 5.91 Å². The molecule has 0 bridgehead atoms. The molecule has 6 nitrogen and oxygen atoms in total. The van der Waals surface area contributed by atoms with Crippen LogP contribution in [0, 0.1) is 20.8 Å². The lowest BCUT2D eigenvalue weighted by Gasteiger charge is -2.14. The fourth-order valence-electron chi connectivity index (χ4n) is 3.99. The first-order chi connectivity index (χ1) is 17.3. The van der Waals surface area contributed by atoms with Crippen molar-refractivity contribution in [1.29, 1.82) is 0 Å². The Balaban J connectivity index is 1.55. The zero-order chi connectivity index (χ0) is 27.1. The quantitative estimate of drug-likeness (QED) is 0.359. The zero-order valence-electron chi connectivity index (χ0n) is 19.9. The van der Waals surface area contributed by atoms with E-state index in [4.69, 9.17) is 11.6 Å². The Kier molecular flexibility index (Phi) is 7.25. The molecule has 37 heavy (non-hydrogen) atoms. The van der Waals surface area contributed by atoms with E-state index in [9.17, 15) is 27.6 Å². The molecule has 0 spiro atoms. The van der Waals surface area contributed by atoms with Crippen LogP contribution in [0.25, 0.3) is 11.8 Å². The number of nitrogens with zero attached hydrogens (tertiary/aromatic N) is 2. The molecule has 1 aliphatic heterocycles. The number of halogens is 4. The molecule has 1 aliphatic rings. The third-order valence-corrected chi connectivity index (χ3v) is 6.98. The molecule has 1 fully saturated rings. The number of thioether (sulfide) groups is 1. The monoisotopic (exact) mass is 547 g/mol. The van der Waals surface area contributed by atoms with Gasteiger partial charge in [0.05, 0.1) is 10.5 Å². The summed E-state index contributed by atoms with van der Waals surface area (Å²) in [4.78, 5) is 38.9. The van der Waals surface area contributed by atoms with Gasteiger partial charge in [0.25, 0.3) is 11.1 Å². The number of nitrogens with one attached hydrogen (secondary N) is 1. The lowest BCUT2D eigenvalue weighted by atomic mass is 10.2. The van der Waals surface area contributed by atoms with E-state index in [-0.39, 0.29) is 4.91 Å². The number of benzene rings is 2. The molecule has 1 N–H and O–H groups in total. The molecule has 4 rings (SSSR count). The number of anilines is 1. The van der Waals surface area contributed by atoms with E-state index in [2.05, 4.69) is 5.32 Å². The van der Waals surface area contributed by atoms with E-state index < -0.39 is 35.3 Å². The van der Waals surface area contributed by atoms with Crippen LogP contribution in [0.2, 0.25) is 5.02 Å². The molecule has 2 heterocycles. The summed E-state index contributed by atoms with van der Waals surface area (Å²) in [6, 6.07) is 11.6. The first kappa shape index (κ1) is 26.6. The van der Waals surface area contributed by atoms with Gasteiger partial charge in [-0.15, -0.1) is 0 Å². The summed E-state index contributed by atoms with van der Waals surface area (Å²) in [5.74, 6) is -1.19. The number of carbonyl (C=O) groups excluding carboxylic acids is 3. The predicted octanol–water partition coefficient (Wildman–Crippen LogP) is 6.75. The summed E-state index contributed by atoms with van der Waals surface area (Å²) in [5, 5.41) is 2.49. The second-order valence-electron chi connectivity index (χ2n) is 8.49. The van der Waals surface area contributed by atoms with E-state index in [0.29, 0.717) is 45.1 Å². The fourth-order valence-corrected chi connectivity index (χ4v) is 4.99. The molecule has 0 unspecified atom stereocenters. The molecular weight excluding hydrogens is 527 g/mol. The summed E-state index contributed by atoms with van der Waals surface area (Å²) in [6.45, 7) is 4.75. The van der Waals surface area contributed by atoms with Crippen LogP contribution >= 0.6 is 23.4 Å². The number of aryl methyl sites for hydroxylation is 2. The highest BCUT2D eigenvalue weighted by Gasteiger charge is 2.36. The number of hydrogen-bond acceptors (Lipinski definition) is 4. The van der Waals surface area contributed by atoms with Crippen LogP contribution in [0.15, 0.2) is 53.4 Å². The van der Waals surface area contributed by atoms with Crippen LogP contribution in [0.3, 0.4) is 0 Å². The maximum Gasteiger partial charge on any atom is 0.416 e. The van der Waals surface area contributed by atoms with E-state index in [0.717, 1.165) is 22.6 Å². The van der Waals surface area contributed by atoms with Crippen LogP contribution < -0.4 is 5.32 Å². The molecular formula is C26H21ClF3N3O3S. The van der Waals surface area contributed by atoms with Crippen molar-refractivity contribution >= 4 is 52.2 Å². The van der Waals surface area contributed by atoms with E-state index >= 15 is 0 Å². The minimum absolute atomic E-state index is 0.112. The predicted molar refractivity (Wildman–Crippen MR) is 138 cm³/mol. The minimum atomic E-state index is -4.48. The lowest BCUT2D eigenvalue weighted by Crippen LogP contribution is -2.36. The van der Waals surface area contributed by atoms with Gasteiger partial charge in [-0.3, -0.25) is 19.3 Å². The van der Waals surface area contributed by atoms with E-state index in [1.54, 1.807) is 55.7 Å². The number of rotatable bonds is 5. The maximum absolute atomic E-state index is 13.2. The van der Waals surface area contributed by atoms with Crippen LogP contribution in [-0.4, -0.2) is 33.1 Å². The van der Waals surface area contributed by atoms with E-state index in [1.165, 1.54) is 12.1 Å². The fraction of sp³-hybridized carbons (Fsp3) is 0.192. The lowest BCUT2D eigenvalue weighted by molar-refractivity contribution is -0.137. The molecule has 2 aromatic carbocycles. The van der Waals surface area contributed by atoms with Crippen molar-refractivity contribution < 1.29 is 27.6 Å². The first-order valence-corrected chi connectivity index (χ1v) is 12.2. The SMILES string of the molecule is Cc1ccc(Cl)cc1NC(=O)CN1C(=O)S/C(=C\c2cc(C)n(-c3cccc(C(F)(F)F)c3)c2C)C1=O. The van der Waals surface area contributed by atoms with Gasteiger partial charge in [0.15, 0.2) is 0 Å². The van der Waals surface area contributed by atoms with Gasteiger partial charge in [0.1, 0.15) is 6.54 Å². The van der Waals surface area contributed by atoms with Crippen molar-refractivity contribution in [2.75, 3.05) is 11.9 Å². The summed E-state index contributed by atoms with van der Waals surface area (Å²) >= 11 is 6.67. The molecule has 0 saturated carbocycles. The van der Waals surface area contributed by atoms with Crippen molar-refractivity contribution in [3.05, 3.63) is 86.5 Å². The highest BCUT2D eigenvalue weighted by atomic mass is 35.5. The van der Waals surface area contributed by atoms with Gasteiger partial charge in [-0.2, -0.15) is 13.2 Å². The highest BCUT2D eigenvalue weighted by molar-refractivity contribution is 8.18. The molecule has 1 aromatic heterocycles. The molecule has 0 aliphatic carbocycles. The van der Waals surface area contributed by atoms with Crippen LogP contribution in [0.1, 0.15) is 28.1 Å². The maximum atomic E-state index is 13.2. The molecule has 3 aromatic rings. The highest BCUT2D eigenvalue weighted by Crippen LogP contribution is 2.35. The third kappa shape index (κ3) is 5.60. The topological polar surface area (TPSA) is 71.4 Å². The van der Waals surface area contributed by atoms with Crippen molar-refractivity contribution in [3.63, 3.8) is 0 Å². The Morgan fingerprint density at radius 1 is 1.08 bits per heavy atom. The van der Waals surface area contributed by atoms with Crippen molar-refractivity contribution in [2.45, 2.75) is 26.9 Å². The smallest absolute Gasteiger partial charge is 0.324 e. The average Bonchev–Trinajstić information content (AvgIpc) is 3.24. The van der Waals surface area contributed by atoms with Crippen LogP contribution in [-0.2, 0) is 15.8 Å². The van der Waals surface area contributed by atoms with Crippen molar-refractivity contribution in [2.24, 2.45) is 0 Å². The molecule has 1 saturated heterocycles. The summed E-state index contributed by atoms with van der Waals surface area (Å²) < 4.78 is 41.2. The standard InChI is InChI=1S/C26H21ClF3N3O3S/c1-14-7-8-19(27)12-21(14)31-23(34)13-32-24(35)22(37-25(32)36)10-17-9-15(2)33(16(17)3)20-6-4-5-18(11-20)26(28,29)30/h4-12H,13H2,1-3H3,(H,31,34)/b22-10-. The molecule has 0 radical (unpaired) electrons. The van der Waals surface area contributed by atoms with Gasteiger partial charge < -0.3 is 9.88 Å². The number of hydrogen-bond donors (Lipinski definition) is 1. The molecule has 11 heteroatoms. The first-order valence-electron chi connectivity index (χ1n) is 11.0. The van der Waals surface area contributed by atoms with Crippen LogP contribution in [0.4, 0.5) is 23.7 Å². The molecule has 3 amide bonds. The van der Waals surface area contributed by atoms with Gasteiger partial charge >= 0.3 is 6.18 Å². The van der Waals surface area contributed by atoms with Gasteiger partial charge in [0, 0.05) is 27.8 Å². The molecule has 192 valence electrons. The number of aromatic nitrogens is 1. The Hall–Kier alpha value is -3.50. The number of amides is 3. The average molecular weight is 548 g/mol. The number of carbonyl (C=O) groups is 3. The Bertz CT molecular complexity index is 1460.